The Morgan fingerprint density at radius 1 is 1.25 bits per heavy atom. The predicted molar refractivity (Wildman–Crippen MR) is 83.7 cm³/mol. The van der Waals surface area contributed by atoms with E-state index in [0.717, 1.165) is 44.6 Å². The van der Waals surface area contributed by atoms with Gasteiger partial charge in [0.15, 0.2) is 0 Å². The zero-order valence-corrected chi connectivity index (χ0v) is 14.1. The molecular formula is C17H33NO2. The van der Waals surface area contributed by atoms with E-state index in [1.165, 1.54) is 6.42 Å². The van der Waals surface area contributed by atoms with Gasteiger partial charge in [0.2, 0.25) is 0 Å². The number of esters is 1. The number of nitrogens with one attached hydrogen (secondary N) is 1. The van der Waals surface area contributed by atoms with E-state index < -0.39 is 5.54 Å². The fourth-order valence-electron chi connectivity index (χ4n) is 3.27. The average Bonchev–Trinajstić information content (AvgIpc) is 2.45. The number of carbonyl (C=O) groups excluding carboxylic acids is 1. The van der Waals surface area contributed by atoms with Gasteiger partial charge in [-0.05, 0) is 56.9 Å². The van der Waals surface area contributed by atoms with Crippen LogP contribution in [0.5, 0.6) is 0 Å². The first kappa shape index (κ1) is 17.5. The fourth-order valence-corrected chi connectivity index (χ4v) is 3.27. The lowest BCUT2D eigenvalue weighted by molar-refractivity contribution is -0.153. The number of ether oxygens (including phenoxy) is 1. The van der Waals surface area contributed by atoms with Gasteiger partial charge in [-0.15, -0.1) is 0 Å². The SMILES string of the molecule is CCCNC1(C(=O)OCC)CCC(C(C)(C)CC)CC1. The van der Waals surface area contributed by atoms with Gasteiger partial charge < -0.3 is 10.1 Å². The molecule has 0 amide bonds. The first-order valence-corrected chi connectivity index (χ1v) is 8.34. The lowest BCUT2D eigenvalue weighted by Crippen LogP contribution is -2.56. The molecule has 1 aliphatic rings. The van der Waals surface area contributed by atoms with E-state index in [1.807, 2.05) is 6.92 Å². The van der Waals surface area contributed by atoms with E-state index in [0.29, 0.717) is 12.0 Å². The van der Waals surface area contributed by atoms with Gasteiger partial charge in [-0.1, -0.05) is 34.1 Å². The highest BCUT2D eigenvalue weighted by Crippen LogP contribution is 2.43. The molecule has 0 radical (unpaired) electrons. The molecule has 0 aromatic rings. The summed E-state index contributed by atoms with van der Waals surface area (Å²) >= 11 is 0. The van der Waals surface area contributed by atoms with Crippen molar-refractivity contribution in [2.24, 2.45) is 11.3 Å². The summed E-state index contributed by atoms with van der Waals surface area (Å²) in [4.78, 5) is 12.4. The van der Waals surface area contributed by atoms with Gasteiger partial charge in [0, 0.05) is 0 Å². The van der Waals surface area contributed by atoms with E-state index in [2.05, 4.69) is 33.0 Å². The molecule has 3 nitrogen and oxygen atoms in total. The van der Waals surface area contributed by atoms with Crippen LogP contribution in [0.25, 0.3) is 0 Å². The standard InChI is InChI=1S/C17H33NO2/c1-6-13-18-17(15(19)20-8-3)11-9-14(10-12-17)16(4,5)7-2/h14,18H,6-13H2,1-5H3. The molecule has 0 bridgehead atoms. The van der Waals surface area contributed by atoms with Gasteiger partial charge in [0.25, 0.3) is 0 Å². The molecule has 0 spiro atoms. The third-order valence-electron chi connectivity index (χ3n) is 5.24. The zero-order valence-electron chi connectivity index (χ0n) is 14.1. The molecule has 20 heavy (non-hydrogen) atoms. The van der Waals surface area contributed by atoms with E-state index in [-0.39, 0.29) is 5.97 Å². The Labute approximate surface area is 124 Å². The molecule has 0 unspecified atom stereocenters. The van der Waals surface area contributed by atoms with Crippen molar-refractivity contribution in [1.29, 1.82) is 0 Å². The Hall–Kier alpha value is -0.570. The Balaban J connectivity index is 2.73. The third-order valence-corrected chi connectivity index (χ3v) is 5.24. The lowest BCUT2D eigenvalue weighted by Gasteiger charge is -2.44. The monoisotopic (exact) mass is 283 g/mol. The second kappa shape index (κ2) is 7.44. The van der Waals surface area contributed by atoms with Crippen molar-refractivity contribution in [3.8, 4) is 0 Å². The summed E-state index contributed by atoms with van der Waals surface area (Å²) in [6, 6.07) is 0. The number of rotatable bonds is 7. The van der Waals surface area contributed by atoms with E-state index in [9.17, 15) is 4.79 Å². The molecule has 1 fully saturated rings. The summed E-state index contributed by atoms with van der Waals surface area (Å²) in [5, 5.41) is 3.48. The first-order valence-electron chi connectivity index (χ1n) is 8.34. The first-order chi connectivity index (χ1) is 9.41. The molecule has 0 atom stereocenters. The van der Waals surface area contributed by atoms with Gasteiger partial charge in [0.05, 0.1) is 6.61 Å². The highest BCUT2D eigenvalue weighted by atomic mass is 16.5. The maximum absolute atomic E-state index is 12.4. The van der Waals surface area contributed by atoms with E-state index in [4.69, 9.17) is 4.74 Å². The molecule has 1 aliphatic carbocycles. The average molecular weight is 283 g/mol. The van der Waals surface area contributed by atoms with Crippen LogP contribution in [0.1, 0.15) is 73.1 Å². The van der Waals surface area contributed by atoms with Crippen molar-refractivity contribution in [3.05, 3.63) is 0 Å². The van der Waals surface area contributed by atoms with Crippen molar-refractivity contribution < 1.29 is 9.53 Å². The van der Waals surface area contributed by atoms with Crippen molar-refractivity contribution >= 4 is 5.97 Å². The van der Waals surface area contributed by atoms with Crippen LogP contribution in [0.4, 0.5) is 0 Å². The maximum Gasteiger partial charge on any atom is 0.326 e. The number of hydrogen-bond acceptors (Lipinski definition) is 3. The van der Waals surface area contributed by atoms with Gasteiger partial charge in [-0.3, -0.25) is 4.79 Å². The topological polar surface area (TPSA) is 38.3 Å². The smallest absolute Gasteiger partial charge is 0.326 e. The zero-order chi connectivity index (χ0) is 15.2. The summed E-state index contributed by atoms with van der Waals surface area (Å²) in [7, 11) is 0. The third kappa shape index (κ3) is 3.97. The van der Waals surface area contributed by atoms with Crippen molar-refractivity contribution in [3.63, 3.8) is 0 Å². The molecule has 0 heterocycles. The Morgan fingerprint density at radius 3 is 2.30 bits per heavy atom. The van der Waals surface area contributed by atoms with Crippen LogP contribution >= 0.6 is 0 Å². The largest absolute Gasteiger partial charge is 0.465 e. The molecule has 3 heteroatoms. The minimum absolute atomic E-state index is 0.0406. The fraction of sp³-hybridized carbons (Fsp3) is 0.941. The second-order valence-corrected chi connectivity index (χ2v) is 6.85. The second-order valence-electron chi connectivity index (χ2n) is 6.85. The molecule has 0 saturated heterocycles. The molecule has 1 rings (SSSR count). The highest BCUT2D eigenvalue weighted by molar-refractivity contribution is 5.81. The predicted octanol–water partition coefficient (Wildman–Crippen LogP) is 3.91. The van der Waals surface area contributed by atoms with Crippen LogP contribution in [0.15, 0.2) is 0 Å². The molecule has 1 N–H and O–H groups in total. The van der Waals surface area contributed by atoms with Gasteiger partial charge in [0.1, 0.15) is 5.54 Å². The van der Waals surface area contributed by atoms with Crippen molar-refractivity contribution in [2.75, 3.05) is 13.2 Å². The summed E-state index contributed by atoms with van der Waals surface area (Å²) in [5.74, 6) is 0.680. The minimum atomic E-state index is -0.424. The van der Waals surface area contributed by atoms with Gasteiger partial charge in [-0.2, -0.15) is 0 Å². The molecule has 0 aromatic heterocycles. The Bertz CT molecular complexity index is 304. The molecule has 118 valence electrons. The minimum Gasteiger partial charge on any atom is -0.465 e. The maximum atomic E-state index is 12.4. The summed E-state index contributed by atoms with van der Waals surface area (Å²) in [6.45, 7) is 12.4. The van der Waals surface area contributed by atoms with Crippen LogP contribution in [0, 0.1) is 11.3 Å². The number of carbonyl (C=O) groups is 1. The Morgan fingerprint density at radius 2 is 1.85 bits per heavy atom. The van der Waals surface area contributed by atoms with Crippen LogP contribution < -0.4 is 5.32 Å². The van der Waals surface area contributed by atoms with Crippen LogP contribution in [0.3, 0.4) is 0 Å². The van der Waals surface area contributed by atoms with Gasteiger partial charge >= 0.3 is 5.97 Å². The molecule has 0 aliphatic heterocycles. The molecule has 1 saturated carbocycles. The van der Waals surface area contributed by atoms with Crippen LogP contribution in [0.2, 0.25) is 0 Å². The molecular weight excluding hydrogens is 250 g/mol. The van der Waals surface area contributed by atoms with Gasteiger partial charge in [-0.25, -0.2) is 0 Å². The number of hydrogen-bond donors (Lipinski definition) is 1. The van der Waals surface area contributed by atoms with Crippen LogP contribution in [-0.2, 0) is 9.53 Å². The summed E-state index contributed by atoms with van der Waals surface area (Å²) < 4.78 is 5.33. The quantitative estimate of drug-likeness (QED) is 0.720. The van der Waals surface area contributed by atoms with E-state index >= 15 is 0 Å². The normalized spacial score (nSPS) is 27.4. The van der Waals surface area contributed by atoms with E-state index in [1.54, 1.807) is 0 Å². The van der Waals surface area contributed by atoms with Crippen LogP contribution in [-0.4, -0.2) is 24.7 Å². The Kier molecular flexibility index (Phi) is 6.50. The van der Waals surface area contributed by atoms with Crippen molar-refractivity contribution in [2.45, 2.75) is 78.7 Å². The summed E-state index contributed by atoms with van der Waals surface area (Å²) in [6.07, 6.45) is 6.32. The molecule has 0 aromatic carbocycles. The highest BCUT2D eigenvalue weighted by Gasteiger charge is 2.45. The summed E-state index contributed by atoms with van der Waals surface area (Å²) in [5.41, 5.74) is -0.0437. The van der Waals surface area contributed by atoms with Crippen molar-refractivity contribution in [1.82, 2.24) is 5.32 Å². The lowest BCUT2D eigenvalue weighted by atomic mass is 9.65.